The second kappa shape index (κ2) is 11.8. The van der Waals surface area contributed by atoms with E-state index in [-0.39, 0.29) is 11.9 Å². The molecule has 1 atom stereocenters. The molecular weight excluding hydrogens is 572 g/mol. The number of piperidine rings is 1. The van der Waals surface area contributed by atoms with Crippen molar-refractivity contribution >= 4 is 40.3 Å². The zero-order chi connectivity index (χ0) is 31.0. The maximum atomic E-state index is 14.1. The third kappa shape index (κ3) is 5.63. The van der Waals surface area contributed by atoms with E-state index < -0.39 is 17.7 Å². The number of hydrogen-bond acceptors (Lipinski definition) is 7. The molecule has 2 aromatic carbocycles. The Morgan fingerprint density at radius 2 is 1.76 bits per heavy atom. The van der Waals surface area contributed by atoms with E-state index in [4.69, 9.17) is 4.74 Å². The zero-order valence-electron chi connectivity index (χ0n) is 25.2. The first kappa shape index (κ1) is 28.6. The fourth-order valence-corrected chi connectivity index (χ4v) is 6.87. The third-order valence-corrected chi connectivity index (χ3v) is 9.26. The van der Waals surface area contributed by atoms with Crippen LogP contribution in [0.15, 0.2) is 67.1 Å². The Kier molecular flexibility index (Phi) is 7.48. The summed E-state index contributed by atoms with van der Waals surface area (Å²) in [6, 6.07) is 14.6. The Morgan fingerprint density at radius 3 is 2.53 bits per heavy atom. The standard InChI is InChI=1S/C33H36N8O4/c1-22-18-23(19-24-21-35-38-29(22)24)20-28(30(42)40-16-14-39(15-17-40)25-6-10-34-11-7-25)36-31(43)41-12-8-33(9-13-41)26-4-2-3-5-27(26)37-32(44)45-33/h2-7,10-11,18-19,21,28H,8-9,12-17,20H2,1H3,(H,35,38)(H,36,43)(H,37,44). The number of anilines is 2. The second-order valence-electron chi connectivity index (χ2n) is 12.0. The molecule has 0 radical (unpaired) electrons. The van der Waals surface area contributed by atoms with Crippen LogP contribution >= 0.6 is 0 Å². The Bertz CT molecular complexity index is 1730. The Labute approximate surface area is 260 Å². The minimum absolute atomic E-state index is 0.0997. The maximum Gasteiger partial charge on any atom is 0.412 e. The predicted octanol–water partition coefficient (Wildman–Crippen LogP) is 3.79. The lowest BCUT2D eigenvalue weighted by atomic mass is 9.82. The molecule has 12 nitrogen and oxygen atoms in total. The van der Waals surface area contributed by atoms with Gasteiger partial charge in [-0.25, -0.2) is 9.59 Å². The molecule has 3 aliphatic heterocycles. The lowest BCUT2D eigenvalue weighted by Gasteiger charge is -2.44. The highest BCUT2D eigenvalue weighted by molar-refractivity contribution is 5.90. The fraction of sp³-hybridized carbons (Fsp3) is 0.364. The summed E-state index contributed by atoms with van der Waals surface area (Å²) in [6.45, 7) is 5.28. The number of urea groups is 1. The number of para-hydroxylation sites is 1. The van der Waals surface area contributed by atoms with E-state index in [0.29, 0.717) is 58.5 Å². The van der Waals surface area contributed by atoms with Gasteiger partial charge in [0, 0.05) is 87.6 Å². The van der Waals surface area contributed by atoms with Crippen molar-refractivity contribution in [2.45, 2.75) is 37.8 Å². The number of nitrogens with one attached hydrogen (secondary N) is 3. The molecule has 2 saturated heterocycles. The van der Waals surface area contributed by atoms with E-state index in [9.17, 15) is 14.4 Å². The van der Waals surface area contributed by atoms with Crippen molar-refractivity contribution in [2.75, 3.05) is 49.5 Å². The maximum absolute atomic E-state index is 14.1. The van der Waals surface area contributed by atoms with E-state index in [2.05, 4.69) is 30.7 Å². The summed E-state index contributed by atoms with van der Waals surface area (Å²) in [5.74, 6) is -0.0997. The van der Waals surface area contributed by atoms with Crippen molar-refractivity contribution < 1.29 is 19.1 Å². The molecule has 2 aromatic heterocycles. The molecule has 12 heteroatoms. The van der Waals surface area contributed by atoms with Gasteiger partial charge in [-0.3, -0.25) is 20.2 Å². The number of piperazine rings is 1. The van der Waals surface area contributed by atoms with E-state index in [1.807, 2.05) is 60.4 Å². The topological polar surface area (TPSA) is 136 Å². The number of carbonyl (C=O) groups excluding carboxylic acids is 3. The summed E-state index contributed by atoms with van der Waals surface area (Å²) < 4.78 is 5.84. The van der Waals surface area contributed by atoms with Crippen LogP contribution in [0.4, 0.5) is 21.0 Å². The Balaban J connectivity index is 1.07. The molecule has 0 aliphatic carbocycles. The molecule has 3 N–H and O–H groups in total. The van der Waals surface area contributed by atoms with Gasteiger partial charge in [-0.15, -0.1) is 0 Å². The first-order valence-electron chi connectivity index (χ1n) is 15.4. The number of benzene rings is 2. The van der Waals surface area contributed by atoms with Crippen LogP contribution in [0.1, 0.15) is 29.5 Å². The first-order chi connectivity index (χ1) is 21.9. The first-order valence-corrected chi connectivity index (χ1v) is 15.4. The molecule has 4 amide bonds. The number of nitrogens with zero attached hydrogens (tertiary/aromatic N) is 5. The van der Waals surface area contributed by atoms with Crippen molar-refractivity contribution in [3.63, 3.8) is 0 Å². The molecule has 3 aliphatic rings. The van der Waals surface area contributed by atoms with E-state index in [1.165, 1.54) is 0 Å². The third-order valence-electron chi connectivity index (χ3n) is 9.26. The van der Waals surface area contributed by atoms with E-state index in [0.717, 1.165) is 39.0 Å². The van der Waals surface area contributed by atoms with Crippen LogP contribution < -0.4 is 15.5 Å². The number of aromatic amines is 1. The largest absolute Gasteiger partial charge is 0.438 e. The predicted molar refractivity (Wildman–Crippen MR) is 169 cm³/mol. The van der Waals surface area contributed by atoms with Gasteiger partial charge in [0.1, 0.15) is 11.6 Å². The monoisotopic (exact) mass is 608 g/mol. The van der Waals surface area contributed by atoms with Gasteiger partial charge in [-0.2, -0.15) is 5.10 Å². The summed E-state index contributed by atoms with van der Waals surface area (Å²) in [5, 5.41) is 14.0. The highest BCUT2D eigenvalue weighted by atomic mass is 16.6. The molecule has 0 saturated carbocycles. The number of likely N-dealkylation sites (tertiary alicyclic amines) is 1. The number of ether oxygens (including phenoxy) is 1. The highest BCUT2D eigenvalue weighted by Gasteiger charge is 2.45. The van der Waals surface area contributed by atoms with Crippen LogP contribution in [-0.4, -0.2) is 88.3 Å². The number of rotatable bonds is 5. The van der Waals surface area contributed by atoms with Crippen molar-refractivity contribution in [3.05, 3.63) is 83.8 Å². The van der Waals surface area contributed by atoms with Crippen molar-refractivity contribution in [1.29, 1.82) is 0 Å². The molecule has 0 bridgehead atoms. The minimum atomic E-state index is -0.781. The molecule has 4 aromatic rings. The van der Waals surface area contributed by atoms with E-state index in [1.54, 1.807) is 23.5 Å². The van der Waals surface area contributed by atoms with E-state index >= 15 is 0 Å². The minimum Gasteiger partial charge on any atom is -0.438 e. The number of fused-ring (bicyclic) bond motifs is 3. The fourth-order valence-electron chi connectivity index (χ4n) is 6.87. The van der Waals surface area contributed by atoms with Crippen LogP contribution in [0.2, 0.25) is 0 Å². The highest BCUT2D eigenvalue weighted by Crippen LogP contribution is 2.43. The summed E-state index contributed by atoms with van der Waals surface area (Å²) in [4.78, 5) is 50.1. The smallest absolute Gasteiger partial charge is 0.412 e. The van der Waals surface area contributed by atoms with Crippen LogP contribution in [-0.2, 0) is 21.6 Å². The quantitative estimate of drug-likeness (QED) is 0.314. The number of H-pyrrole nitrogens is 1. The lowest BCUT2D eigenvalue weighted by molar-refractivity contribution is -0.133. The molecule has 1 unspecified atom stereocenters. The van der Waals surface area contributed by atoms with Crippen molar-refractivity contribution in [2.24, 2.45) is 0 Å². The van der Waals surface area contributed by atoms with Gasteiger partial charge in [0.25, 0.3) is 0 Å². The number of hydrogen-bond donors (Lipinski definition) is 3. The number of aryl methyl sites for hydroxylation is 1. The van der Waals surface area contributed by atoms with Gasteiger partial charge in [-0.05, 0) is 42.3 Å². The number of aromatic nitrogens is 3. The lowest BCUT2D eigenvalue weighted by Crippen LogP contribution is -2.58. The average Bonchev–Trinajstić information content (AvgIpc) is 3.54. The summed E-state index contributed by atoms with van der Waals surface area (Å²) in [6.07, 6.45) is 6.13. The number of carbonyl (C=O) groups is 3. The summed E-state index contributed by atoms with van der Waals surface area (Å²) in [5.41, 5.74) is 4.90. The van der Waals surface area contributed by atoms with Gasteiger partial charge < -0.3 is 24.8 Å². The molecule has 232 valence electrons. The Hall–Kier alpha value is -5.13. The number of amides is 4. The van der Waals surface area contributed by atoms with Crippen LogP contribution in [0, 0.1) is 6.92 Å². The van der Waals surface area contributed by atoms with Crippen LogP contribution in [0.3, 0.4) is 0 Å². The molecular formula is C33H36N8O4. The normalized spacial score (nSPS) is 18.2. The number of pyridine rings is 1. The SMILES string of the molecule is Cc1cc(CC(NC(=O)N2CCC3(CC2)OC(=O)Nc2ccccc23)C(=O)N2CCN(c3ccncc3)CC2)cc2cn[nH]c12. The molecule has 45 heavy (non-hydrogen) atoms. The Morgan fingerprint density at radius 1 is 1.00 bits per heavy atom. The molecule has 2 fully saturated rings. The van der Waals surface area contributed by atoms with Gasteiger partial charge in [-0.1, -0.05) is 24.3 Å². The summed E-state index contributed by atoms with van der Waals surface area (Å²) in [7, 11) is 0. The zero-order valence-corrected chi connectivity index (χ0v) is 25.2. The van der Waals surface area contributed by atoms with Crippen molar-refractivity contribution in [1.82, 2.24) is 30.3 Å². The summed E-state index contributed by atoms with van der Waals surface area (Å²) >= 11 is 0. The molecule has 7 rings (SSSR count). The van der Waals surface area contributed by atoms with Crippen molar-refractivity contribution in [3.8, 4) is 0 Å². The van der Waals surface area contributed by atoms with Gasteiger partial charge >= 0.3 is 12.1 Å². The van der Waals surface area contributed by atoms with Gasteiger partial charge in [0.2, 0.25) is 5.91 Å². The molecule has 1 spiro atoms. The molecule has 5 heterocycles. The van der Waals surface area contributed by atoms with Gasteiger partial charge in [0.15, 0.2) is 0 Å². The average molecular weight is 609 g/mol. The van der Waals surface area contributed by atoms with Crippen LogP contribution in [0.25, 0.3) is 10.9 Å². The van der Waals surface area contributed by atoms with Crippen LogP contribution in [0.5, 0.6) is 0 Å². The second-order valence-corrected chi connectivity index (χ2v) is 12.0. The van der Waals surface area contributed by atoms with Gasteiger partial charge in [0.05, 0.1) is 17.4 Å².